The van der Waals surface area contributed by atoms with Gasteiger partial charge in [0, 0.05) is 23.5 Å². The number of hydrogen-bond acceptors (Lipinski definition) is 5. The highest BCUT2D eigenvalue weighted by atomic mass is 16.5. The van der Waals surface area contributed by atoms with Crippen LogP contribution in [0.1, 0.15) is 16.2 Å². The maximum atomic E-state index is 12.6. The lowest BCUT2D eigenvalue weighted by Gasteiger charge is -2.21. The Labute approximate surface area is 163 Å². The molecule has 1 amide bonds. The van der Waals surface area contributed by atoms with Gasteiger partial charge in [-0.15, -0.1) is 0 Å². The Morgan fingerprint density at radius 1 is 1.18 bits per heavy atom. The molecule has 1 saturated heterocycles. The number of rotatable bonds is 4. The number of benzene rings is 1. The third-order valence-corrected chi connectivity index (χ3v) is 4.60. The summed E-state index contributed by atoms with van der Waals surface area (Å²) in [6.07, 6.45) is 3.46. The molecule has 28 heavy (non-hydrogen) atoms. The molecular formula is C21H22N5O2+. The molecule has 1 aliphatic rings. The normalized spacial score (nSPS) is 14.0. The number of morpholine rings is 1. The average molecular weight is 376 g/mol. The van der Waals surface area contributed by atoms with Crippen molar-refractivity contribution in [3.8, 4) is 11.3 Å². The molecule has 1 fully saturated rings. The number of nitrogens with zero attached hydrogens (tertiary/aromatic N) is 3. The van der Waals surface area contributed by atoms with Gasteiger partial charge < -0.3 is 10.1 Å². The molecule has 0 radical (unpaired) electrons. The summed E-state index contributed by atoms with van der Waals surface area (Å²) in [6.45, 7) is 4.98. The maximum Gasteiger partial charge on any atom is 0.274 e. The van der Waals surface area contributed by atoms with Crippen LogP contribution in [0.15, 0.2) is 54.9 Å². The van der Waals surface area contributed by atoms with Gasteiger partial charge in [0.15, 0.2) is 0 Å². The van der Waals surface area contributed by atoms with Gasteiger partial charge in [0.1, 0.15) is 25.1 Å². The van der Waals surface area contributed by atoms with E-state index < -0.39 is 0 Å². The fourth-order valence-electron chi connectivity index (χ4n) is 3.14. The molecule has 1 aromatic carbocycles. The molecule has 0 unspecified atom stereocenters. The van der Waals surface area contributed by atoms with E-state index in [1.807, 2.05) is 49.4 Å². The summed E-state index contributed by atoms with van der Waals surface area (Å²) >= 11 is 0. The van der Waals surface area contributed by atoms with Crippen molar-refractivity contribution in [1.29, 1.82) is 0 Å². The van der Waals surface area contributed by atoms with Crippen molar-refractivity contribution in [3.05, 3.63) is 66.2 Å². The third kappa shape index (κ3) is 4.15. The van der Waals surface area contributed by atoms with E-state index in [0.717, 1.165) is 49.1 Å². The van der Waals surface area contributed by atoms with E-state index in [-0.39, 0.29) is 5.91 Å². The van der Waals surface area contributed by atoms with Crippen LogP contribution in [0.4, 0.5) is 11.5 Å². The highest BCUT2D eigenvalue weighted by molar-refractivity contribution is 6.04. The van der Waals surface area contributed by atoms with Gasteiger partial charge in [-0.3, -0.25) is 9.69 Å². The van der Waals surface area contributed by atoms with E-state index in [2.05, 4.69) is 25.2 Å². The first kappa shape index (κ1) is 18.1. The summed E-state index contributed by atoms with van der Waals surface area (Å²) in [7, 11) is 0. The number of aromatic amines is 1. The Hall–Kier alpha value is -3.32. The number of pyridine rings is 1. The topological polar surface area (TPSA) is 81.5 Å². The monoisotopic (exact) mass is 376 g/mol. The second kappa shape index (κ2) is 8.14. The Morgan fingerprint density at radius 2 is 2.04 bits per heavy atom. The Kier molecular flexibility index (Phi) is 5.25. The lowest BCUT2D eigenvalue weighted by Crippen LogP contribution is -2.39. The van der Waals surface area contributed by atoms with Gasteiger partial charge in [-0.05, 0) is 31.2 Å². The van der Waals surface area contributed by atoms with E-state index in [4.69, 9.17) is 4.74 Å². The van der Waals surface area contributed by atoms with Crippen LogP contribution >= 0.6 is 0 Å². The zero-order valence-corrected chi connectivity index (χ0v) is 15.7. The van der Waals surface area contributed by atoms with Gasteiger partial charge in [0.25, 0.3) is 11.7 Å². The van der Waals surface area contributed by atoms with E-state index >= 15 is 0 Å². The molecule has 3 heterocycles. The molecule has 0 atom stereocenters. The molecule has 1 aliphatic heterocycles. The number of H-pyrrole nitrogens is 1. The van der Waals surface area contributed by atoms with Gasteiger partial charge >= 0.3 is 0 Å². The van der Waals surface area contributed by atoms with Gasteiger partial charge in [-0.2, -0.15) is 0 Å². The summed E-state index contributed by atoms with van der Waals surface area (Å²) < 4.78 is 5.37. The molecule has 0 aliphatic carbocycles. The standard InChI is InChI=1S/C21H21N5O2/c1-15-22-8-7-19(24-15)16-3-2-4-18(13-16)25-21(27)17-5-6-20(23-14-17)26-9-11-28-12-10-26/h2-8,13-14H,9-12H2,1H3,(H,25,27)/p+1. The predicted molar refractivity (Wildman–Crippen MR) is 106 cm³/mol. The Bertz CT molecular complexity index is 969. The van der Waals surface area contributed by atoms with E-state index in [1.54, 1.807) is 12.4 Å². The van der Waals surface area contributed by atoms with Gasteiger partial charge in [0.2, 0.25) is 0 Å². The SMILES string of the molecule is Cc1nccc(-c2cccc(NC(=O)c3ccc(N4CCOCC4)[nH+]c3)c2)n1. The minimum absolute atomic E-state index is 0.166. The molecule has 7 heteroatoms. The highest BCUT2D eigenvalue weighted by Crippen LogP contribution is 2.21. The number of amides is 1. The van der Waals surface area contributed by atoms with Gasteiger partial charge in [0.05, 0.1) is 24.5 Å². The largest absolute Gasteiger partial charge is 0.373 e. The van der Waals surface area contributed by atoms with Crippen LogP contribution in [-0.4, -0.2) is 42.2 Å². The second-order valence-electron chi connectivity index (χ2n) is 6.59. The smallest absolute Gasteiger partial charge is 0.274 e. The second-order valence-corrected chi connectivity index (χ2v) is 6.59. The highest BCUT2D eigenvalue weighted by Gasteiger charge is 2.19. The van der Waals surface area contributed by atoms with Crippen molar-refractivity contribution in [2.24, 2.45) is 0 Å². The van der Waals surface area contributed by atoms with Crippen LogP contribution < -0.4 is 15.2 Å². The molecule has 2 aromatic heterocycles. The molecule has 7 nitrogen and oxygen atoms in total. The van der Waals surface area contributed by atoms with Crippen molar-refractivity contribution >= 4 is 17.4 Å². The summed E-state index contributed by atoms with van der Waals surface area (Å²) in [5.74, 6) is 1.53. The number of nitrogens with one attached hydrogen (secondary N) is 2. The molecule has 2 N–H and O–H groups in total. The van der Waals surface area contributed by atoms with E-state index in [1.165, 1.54) is 0 Å². The maximum absolute atomic E-state index is 12.6. The quantitative estimate of drug-likeness (QED) is 0.756. The fraction of sp³-hybridized carbons (Fsp3) is 0.238. The minimum Gasteiger partial charge on any atom is -0.373 e. The number of aromatic nitrogens is 3. The molecule has 4 rings (SSSR count). The number of carbonyl (C=O) groups excluding carboxylic acids is 1. The third-order valence-electron chi connectivity index (χ3n) is 4.60. The summed E-state index contributed by atoms with van der Waals surface area (Å²) in [5.41, 5.74) is 3.04. The number of hydrogen-bond donors (Lipinski definition) is 1. The van der Waals surface area contributed by atoms with Gasteiger partial charge in [-0.1, -0.05) is 12.1 Å². The molecule has 0 bridgehead atoms. The number of aryl methyl sites for hydroxylation is 1. The zero-order valence-electron chi connectivity index (χ0n) is 15.7. The van der Waals surface area contributed by atoms with Crippen molar-refractivity contribution < 1.29 is 14.5 Å². The van der Waals surface area contributed by atoms with E-state index in [0.29, 0.717) is 11.4 Å². The molecule has 0 saturated carbocycles. The summed E-state index contributed by atoms with van der Waals surface area (Å²) in [4.78, 5) is 26.6. The van der Waals surface area contributed by atoms with E-state index in [9.17, 15) is 4.79 Å². The number of anilines is 2. The Morgan fingerprint density at radius 3 is 2.79 bits per heavy atom. The van der Waals surface area contributed by atoms with Crippen LogP contribution in [0, 0.1) is 6.92 Å². The van der Waals surface area contributed by atoms with Crippen molar-refractivity contribution in [2.45, 2.75) is 6.92 Å². The molecule has 3 aromatic rings. The van der Waals surface area contributed by atoms with Crippen molar-refractivity contribution in [1.82, 2.24) is 9.97 Å². The van der Waals surface area contributed by atoms with Crippen LogP contribution in [0.3, 0.4) is 0 Å². The molecule has 142 valence electrons. The first-order valence-corrected chi connectivity index (χ1v) is 9.25. The van der Waals surface area contributed by atoms with Crippen LogP contribution in [0.2, 0.25) is 0 Å². The van der Waals surface area contributed by atoms with Crippen LogP contribution in [0.5, 0.6) is 0 Å². The average Bonchev–Trinajstić information content (AvgIpc) is 2.75. The lowest BCUT2D eigenvalue weighted by molar-refractivity contribution is -0.364. The summed E-state index contributed by atoms with van der Waals surface area (Å²) in [6, 6.07) is 13.2. The zero-order chi connectivity index (χ0) is 19.3. The van der Waals surface area contributed by atoms with Crippen molar-refractivity contribution in [2.75, 3.05) is 36.5 Å². The first-order valence-electron chi connectivity index (χ1n) is 9.25. The Balaban J connectivity index is 1.47. The minimum atomic E-state index is -0.166. The number of ether oxygens (including phenoxy) is 1. The summed E-state index contributed by atoms with van der Waals surface area (Å²) in [5, 5.41) is 2.95. The molecule has 0 spiro atoms. The number of carbonyl (C=O) groups is 1. The van der Waals surface area contributed by atoms with Gasteiger partial charge in [-0.25, -0.2) is 15.0 Å². The fourth-order valence-corrected chi connectivity index (χ4v) is 3.14. The molecular weight excluding hydrogens is 354 g/mol. The van der Waals surface area contributed by atoms with Crippen molar-refractivity contribution in [3.63, 3.8) is 0 Å². The van der Waals surface area contributed by atoms with Crippen LogP contribution in [0.25, 0.3) is 11.3 Å². The lowest BCUT2D eigenvalue weighted by atomic mass is 10.1. The van der Waals surface area contributed by atoms with Crippen LogP contribution in [-0.2, 0) is 4.74 Å². The predicted octanol–water partition coefficient (Wildman–Crippen LogP) is 2.36. The first-order chi connectivity index (χ1) is 13.7.